The number of amides is 2. The van der Waals surface area contributed by atoms with E-state index in [1.807, 2.05) is 29.3 Å². The van der Waals surface area contributed by atoms with E-state index in [0.717, 1.165) is 16.5 Å². The van der Waals surface area contributed by atoms with E-state index in [1.165, 1.54) is 6.92 Å². The summed E-state index contributed by atoms with van der Waals surface area (Å²) in [6.07, 6.45) is 4.07. The molecule has 2 aromatic rings. The van der Waals surface area contributed by atoms with Gasteiger partial charge in [0.15, 0.2) is 5.79 Å². The third-order valence-corrected chi connectivity index (χ3v) is 5.79. The number of nitrogens with one attached hydrogen (secondary N) is 1. The molecular weight excluding hydrogens is 358 g/mol. The average molecular weight is 385 g/mol. The molecule has 1 spiro atoms. The summed E-state index contributed by atoms with van der Waals surface area (Å²) in [7, 11) is 0. The highest BCUT2D eigenvalue weighted by Gasteiger charge is 2.40. The Labute approximate surface area is 164 Å². The highest BCUT2D eigenvalue weighted by Crippen LogP contribution is 2.31. The largest absolute Gasteiger partial charge is 0.361 e. The number of aromatic amines is 1. The number of fused-ring (bicyclic) bond motifs is 1. The Balaban J connectivity index is 1.33. The molecule has 1 aromatic heterocycles. The first-order valence-electron chi connectivity index (χ1n) is 9.92. The van der Waals surface area contributed by atoms with Crippen molar-refractivity contribution in [3.8, 4) is 0 Å². The van der Waals surface area contributed by atoms with Crippen LogP contribution in [0.1, 0.15) is 25.3 Å². The molecule has 0 bridgehead atoms. The van der Waals surface area contributed by atoms with Crippen LogP contribution in [0.4, 0.5) is 0 Å². The summed E-state index contributed by atoms with van der Waals surface area (Å²) in [5.41, 5.74) is 2.24. The fourth-order valence-electron chi connectivity index (χ4n) is 4.09. The van der Waals surface area contributed by atoms with Gasteiger partial charge in [0, 0.05) is 56.5 Å². The van der Waals surface area contributed by atoms with Crippen molar-refractivity contribution in [3.63, 3.8) is 0 Å². The van der Waals surface area contributed by atoms with Gasteiger partial charge in [0.2, 0.25) is 11.8 Å². The smallest absolute Gasteiger partial charge is 0.242 e. The van der Waals surface area contributed by atoms with Gasteiger partial charge < -0.3 is 24.3 Å². The molecule has 0 atom stereocenters. The maximum absolute atomic E-state index is 12.7. The number of nitrogens with zero attached hydrogens (tertiary/aromatic N) is 2. The van der Waals surface area contributed by atoms with E-state index in [9.17, 15) is 9.59 Å². The number of ether oxygens (including phenoxy) is 2. The molecule has 1 aromatic carbocycles. The minimum atomic E-state index is -0.494. The van der Waals surface area contributed by atoms with E-state index >= 15 is 0 Å². The standard InChI is InChI=1S/C21H27N3O4/c1-16(25)24(9-6-17-14-22-19-5-3-2-4-18(17)19)15-20(26)23-10-7-21(8-11-23)27-12-13-28-21/h2-5,14,22H,6-13,15H2,1H3. The van der Waals surface area contributed by atoms with Crippen LogP contribution in [0.25, 0.3) is 10.9 Å². The van der Waals surface area contributed by atoms with Crippen molar-refractivity contribution in [2.45, 2.75) is 32.0 Å². The van der Waals surface area contributed by atoms with Gasteiger partial charge in [-0.2, -0.15) is 0 Å². The van der Waals surface area contributed by atoms with Crippen LogP contribution in [-0.2, 0) is 25.5 Å². The molecule has 28 heavy (non-hydrogen) atoms. The van der Waals surface area contributed by atoms with Gasteiger partial charge in [-0.3, -0.25) is 9.59 Å². The lowest BCUT2D eigenvalue weighted by Crippen LogP contribution is -2.50. The number of carbonyl (C=O) groups is 2. The number of H-pyrrole nitrogens is 1. The first kappa shape index (κ1) is 19.0. The highest BCUT2D eigenvalue weighted by molar-refractivity contribution is 5.85. The zero-order valence-electron chi connectivity index (χ0n) is 16.3. The van der Waals surface area contributed by atoms with Gasteiger partial charge in [-0.1, -0.05) is 18.2 Å². The maximum atomic E-state index is 12.7. The second-order valence-corrected chi connectivity index (χ2v) is 7.54. The molecular formula is C21H27N3O4. The Morgan fingerprint density at radius 3 is 2.61 bits per heavy atom. The molecule has 3 heterocycles. The summed E-state index contributed by atoms with van der Waals surface area (Å²) in [5.74, 6) is -0.585. The predicted molar refractivity (Wildman–Crippen MR) is 105 cm³/mol. The lowest BCUT2D eigenvalue weighted by atomic mass is 10.0. The number of carbonyl (C=O) groups excluding carboxylic acids is 2. The topological polar surface area (TPSA) is 74.9 Å². The molecule has 0 unspecified atom stereocenters. The average Bonchev–Trinajstić information content (AvgIpc) is 3.32. The minimum Gasteiger partial charge on any atom is -0.361 e. The summed E-state index contributed by atoms with van der Waals surface area (Å²) in [6, 6.07) is 8.10. The number of aromatic nitrogens is 1. The molecule has 1 N–H and O–H groups in total. The molecule has 2 amide bonds. The van der Waals surface area contributed by atoms with Gasteiger partial charge >= 0.3 is 0 Å². The van der Waals surface area contributed by atoms with Gasteiger partial charge in [-0.25, -0.2) is 0 Å². The molecule has 2 saturated heterocycles. The van der Waals surface area contributed by atoms with Crippen LogP contribution in [0.3, 0.4) is 0 Å². The summed E-state index contributed by atoms with van der Waals surface area (Å²) in [5, 5.41) is 1.16. The Kier molecular flexibility index (Phi) is 5.37. The minimum absolute atomic E-state index is 0.0121. The summed E-state index contributed by atoms with van der Waals surface area (Å²) in [4.78, 5) is 31.5. The quantitative estimate of drug-likeness (QED) is 0.853. The summed E-state index contributed by atoms with van der Waals surface area (Å²) in [6.45, 7) is 4.62. The van der Waals surface area contributed by atoms with Crippen molar-refractivity contribution in [3.05, 3.63) is 36.0 Å². The van der Waals surface area contributed by atoms with Crippen LogP contribution in [0.5, 0.6) is 0 Å². The first-order valence-corrected chi connectivity index (χ1v) is 9.92. The Hall–Kier alpha value is -2.38. The molecule has 7 nitrogen and oxygen atoms in total. The number of para-hydroxylation sites is 1. The Morgan fingerprint density at radius 1 is 1.18 bits per heavy atom. The molecule has 0 saturated carbocycles. The monoisotopic (exact) mass is 385 g/mol. The van der Waals surface area contributed by atoms with E-state index in [-0.39, 0.29) is 18.4 Å². The molecule has 0 radical (unpaired) electrons. The van der Waals surface area contributed by atoms with Crippen molar-refractivity contribution >= 4 is 22.7 Å². The van der Waals surface area contributed by atoms with Gasteiger partial charge in [0.1, 0.15) is 0 Å². The molecule has 4 rings (SSSR count). The van der Waals surface area contributed by atoms with Crippen LogP contribution < -0.4 is 0 Å². The van der Waals surface area contributed by atoms with Crippen LogP contribution >= 0.6 is 0 Å². The number of hydrogen-bond donors (Lipinski definition) is 1. The molecule has 2 aliphatic heterocycles. The van der Waals surface area contributed by atoms with E-state index in [4.69, 9.17) is 9.47 Å². The Bertz CT molecular complexity index is 846. The van der Waals surface area contributed by atoms with Gasteiger partial charge in [-0.05, 0) is 18.1 Å². The van der Waals surface area contributed by atoms with Gasteiger partial charge in [0.05, 0.1) is 19.8 Å². The Morgan fingerprint density at radius 2 is 1.89 bits per heavy atom. The summed E-state index contributed by atoms with van der Waals surface area (Å²) >= 11 is 0. The van der Waals surface area contributed by atoms with E-state index < -0.39 is 5.79 Å². The van der Waals surface area contributed by atoms with Gasteiger partial charge in [-0.15, -0.1) is 0 Å². The second kappa shape index (κ2) is 7.93. The third kappa shape index (κ3) is 3.91. The number of piperidine rings is 1. The number of benzene rings is 1. The van der Waals surface area contributed by atoms with Crippen LogP contribution in [0, 0.1) is 0 Å². The van der Waals surface area contributed by atoms with Crippen molar-refractivity contribution in [1.82, 2.24) is 14.8 Å². The molecule has 0 aliphatic carbocycles. The molecule has 2 aliphatic rings. The predicted octanol–water partition coefficient (Wildman–Crippen LogP) is 1.92. The zero-order valence-corrected chi connectivity index (χ0v) is 16.3. The number of likely N-dealkylation sites (tertiary alicyclic amines) is 1. The zero-order chi connectivity index (χ0) is 19.6. The van der Waals surface area contributed by atoms with Crippen LogP contribution in [-0.4, -0.2) is 71.8 Å². The highest BCUT2D eigenvalue weighted by atomic mass is 16.7. The molecule has 7 heteroatoms. The van der Waals surface area contributed by atoms with Crippen molar-refractivity contribution in [2.24, 2.45) is 0 Å². The normalized spacial score (nSPS) is 18.7. The SMILES string of the molecule is CC(=O)N(CCc1c[nH]c2ccccc12)CC(=O)N1CCC2(CC1)OCCO2. The fraction of sp³-hybridized carbons (Fsp3) is 0.524. The van der Waals surface area contributed by atoms with E-state index in [1.54, 1.807) is 4.90 Å². The maximum Gasteiger partial charge on any atom is 0.242 e. The third-order valence-electron chi connectivity index (χ3n) is 5.79. The van der Waals surface area contributed by atoms with Crippen molar-refractivity contribution in [1.29, 1.82) is 0 Å². The molecule has 150 valence electrons. The van der Waals surface area contributed by atoms with E-state index in [2.05, 4.69) is 11.1 Å². The lowest BCUT2D eigenvalue weighted by molar-refractivity contribution is -0.187. The van der Waals surface area contributed by atoms with Crippen LogP contribution in [0.2, 0.25) is 0 Å². The number of hydrogen-bond acceptors (Lipinski definition) is 4. The summed E-state index contributed by atoms with van der Waals surface area (Å²) < 4.78 is 11.4. The fourth-order valence-corrected chi connectivity index (χ4v) is 4.09. The molecule has 2 fully saturated rings. The van der Waals surface area contributed by atoms with Crippen LogP contribution in [0.15, 0.2) is 30.5 Å². The lowest BCUT2D eigenvalue weighted by Gasteiger charge is -2.38. The van der Waals surface area contributed by atoms with Crippen molar-refractivity contribution < 1.29 is 19.1 Å². The number of rotatable bonds is 5. The first-order chi connectivity index (χ1) is 13.6. The van der Waals surface area contributed by atoms with Crippen molar-refractivity contribution in [2.75, 3.05) is 39.4 Å². The van der Waals surface area contributed by atoms with E-state index in [0.29, 0.717) is 52.1 Å². The van der Waals surface area contributed by atoms with Gasteiger partial charge in [0.25, 0.3) is 0 Å². The second-order valence-electron chi connectivity index (χ2n) is 7.54.